The molecule has 0 aromatic carbocycles. The molecule has 0 saturated carbocycles. The minimum atomic E-state index is -1.07. The highest BCUT2D eigenvalue weighted by molar-refractivity contribution is 5.84. The Morgan fingerprint density at radius 1 is 1.22 bits per heavy atom. The van der Waals surface area contributed by atoms with E-state index in [4.69, 9.17) is 14.6 Å². The molecular weight excluding hydrogens is 302 g/mol. The van der Waals surface area contributed by atoms with E-state index in [-0.39, 0.29) is 13.2 Å². The van der Waals surface area contributed by atoms with Crippen LogP contribution in [-0.2, 0) is 19.1 Å². The minimum Gasteiger partial charge on any atom is -0.464 e. The number of hydrogen-bond donors (Lipinski definition) is 2. The van der Waals surface area contributed by atoms with Crippen LogP contribution in [-0.4, -0.2) is 48.3 Å². The molecule has 0 unspecified atom stereocenters. The topological polar surface area (TPSA) is 102 Å². The van der Waals surface area contributed by atoms with Crippen molar-refractivity contribution in [2.45, 2.75) is 65.0 Å². The fourth-order valence-electron chi connectivity index (χ4n) is 1.99. The Labute approximate surface area is 137 Å². The third-order valence-corrected chi connectivity index (χ3v) is 3.01. The molecule has 0 bridgehead atoms. The van der Waals surface area contributed by atoms with E-state index in [0.29, 0.717) is 25.5 Å². The van der Waals surface area contributed by atoms with Crippen LogP contribution in [0.15, 0.2) is 0 Å². The van der Waals surface area contributed by atoms with Crippen molar-refractivity contribution in [1.82, 2.24) is 5.32 Å². The van der Waals surface area contributed by atoms with Crippen molar-refractivity contribution < 1.29 is 29.0 Å². The monoisotopic (exact) mass is 331 g/mol. The summed E-state index contributed by atoms with van der Waals surface area (Å²) in [6, 6.07) is -1.07. The van der Waals surface area contributed by atoms with E-state index >= 15 is 0 Å². The van der Waals surface area contributed by atoms with Gasteiger partial charge in [0, 0.05) is 12.5 Å². The van der Waals surface area contributed by atoms with Gasteiger partial charge in [-0.15, -0.1) is 0 Å². The Hall–Kier alpha value is -1.63. The second-order valence-corrected chi connectivity index (χ2v) is 6.25. The Morgan fingerprint density at radius 2 is 1.87 bits per heavy atom. The van der Waals surface area contributed by atoms with Crippen molar-refractivity contribution in [1.29, 1.82) is 0 Å². The third kappa shape index (κ3) is 9.89. The van der Waals surface area contributed by atoms with E-state index < -0.39 is 29.6 Å². The zero-order valence-electron chi connectivity index (χ0n) is 14.5. The number of hydrogen-bond acceptors (Lipinski definition) is 6. The van der Waals surface area contributed by atoms with Gasteiger partial charge in [0.2, 0.25) is 0 Å². The normalized spacial score (nSPS) is 13.8. The number of amides is 1. The number of ether oxygens (including phenoxy) is 2. The zero-order valence-corrected chi connectivity index (χ0v) is 14.5. The molecule has 0 heterocycles. The van der Waals surface area contributed by atoms with Gasteiger partial charge in [-0.2, -0.15) is 0 Å². The summed E-state index contributed by atoms with van der Waals surface area (Å²) in [5, 5.41) is 11.2. The second kappa shape index (κ2) is 11.0. The second-order valence-electron chi connectivity index (χ2n) is 6.25. The number of aliphatic hydroxyl groups excluding tert-OH is 1. The van der Waals surface area contributed by atoms with Gasteiger partial charge in [0.1, 0.15) is 17.9 Å². The Morgan fingerprint density at radius 3 is 2.35 bits per heavy atom. The molecule has 0 aromatic rings. The van der Waals surface area contributed by atoms with Crippen LogP contribution in [0.25, 0.3) is 0 Å². The van der Waals surface area contributed by atoms with E-state index in [1.165, 1.54) is 0 Å². The molecule has 0 aliphatic rings. The lowest BCUT2D eigenvalue weighted by molar-refractivity contribution is -0.148. The average molecular weight is 331 g/mol. The van der Waals surface area contributed by atoms with E-state index in [9.17, 15) is 14.4 Å². The van der Waals surface area contributed by atoms with E-state index in [1.54, 1.807) is 27.7 Å². The van der Waals surface area contributed by atoms with Crippen molar-refractivity contribution in [2.75, 3.05) is 13.2 Å². The fraction of sp³-hybridized carbons (Fsp3) is 0.812. The molecule has 2 atom stereocenters. The maximum atomic E-state index is 12.0. The summed E-state index contributed by atoms with van der Waals surface area (Å²) in [6.45, 7) is 7.01. The largest absolute Gasteiger partial charge is 0.464 e. The minimum absolute atomic E-state index is 0.0865. The molecule has 0 radical (unpaired) electrons. The molecule has 0 spiro atoms. The van der Waals surface area contributed by atoms with Gasteiger partial charge < -0.3 is 24.7 Å². The molecule has 134 valence electrons. The number of esters is 1. The van der Waals surface area contributed by atoms with Crippen LogP contribution in [0, 0.1) is 5.92 Å². The Kier molecular flexibility index (Phi) is 10.2. The SMILES string of the molecule is CCOC(=O)[C@@H](NC(=O)OC(C)(C)C)[C@H](C=O)CCCCCO. The first-order valence-corrected chi connectivity index (χ1v) is 7.97. The molecule has 0 rings (SSSR count). The lowest BCUT2D eigenvalue weighted by Gasteiger charge is -2.25. The van der Waals surface area contributed by atoms with Crippen LogP contribution < -0.4 is 5.32 Å². The summed E-state index contributed by atoms with van der Waals surface area (Å²) in [6.07, 6.45) is 2.34. The Bertz CT molecular complexity index is 377. The lowest BCUT2D eigenvalue weighted by Crippen LogP contribution is -2.49. The molecule has 23 heavy (non-hydrogen) atoms. The van der Waals surface area contributed by atoms with Gasteiger partial charge in [0.05, 0.1) is 6.61 Å². The highest BCUT2D eigenvalue weighted by Gasteiger charge is 2.32. The summed E-state index contributed by atoms with van der Waals surface area (Å²) >= 11 is 0. The molecule has 2 N–H and O–H groups in total. The van der Waals surface area contributed by atoms with Gasteiger partial charge in [0.25, 0.3) is 0 Å². The van der Waals surface area contributed by atoms with Crippen molar-refractivity contribution in [3.63, 3.8) is 0 Å². The summed E-state index contributed by atoms with van der Waals surface area (Å²) in [5.41, 5.74) is -0.707. The van der Waals surface area contributed by atoms with Crippen LogP contribution in [0.3, 0.4) is 0 Å². The lowest BCUT2D eigenvalue weighted by atomic mass is 9.94. The summed E-state index contributed by atoms with van der Waals surface area (Å²) < 4.78 is 10.1. The number of aldehydes is 1. The number of nitrogens with one attached hydrogen (secondary N) is 1. The number of aliphatic hydroxyl groups is 1. The Balaban J connectivity index is 4.85. The first-order chi connectivity index (χ1) is 10.7. The van der Waals surface area contributed by atoms with Crippen LogP contribution in [0.2, 0.25) is 0 Å². The predicted molar refractivity (Wildman–Crippen MR) is 84.9 cm³/mol. The maximum Gasteiger partial charge on any atom is 0.408 e. The van der Waals surface area contributed by atoms with Crippen molar-refractivity contribution >= 4 is 18.3 Å². The van der Waals surface area contributed by atoms with Crippen LogP contribution in [0.5, 0.6) is 0 Å². The van der Waals surface area contributed by atoms with Crippen LogP contribution in [0.4, 0.5) is 4.79 Å². The number of carbonyl (C=O) groups is 3. The quantitative estimate of drug-likeness (QED) is 0.360. The number of rotatable bonds is 10. The van der Waals surface area contributed by atoms with Crippen molar-refractivity contribution in [3.05, 3.63) is 0 Å². The van der Waals surface area contributed by atoms with Gasteiger partial charge in [-0.1, -0.05) is 12.8 Å². The van der Waals surface area contributed by atoms with Crippen molar-refractivity contribution in [3.8, 4) is 0 Å². The van der Waals surface area contributed by atoms with E-state index in [1.807, 2.05) is 0 Å². The van der Waals surface area contributed by atoms with Crippen LogP contribution >= 0.6 is 0 Å². The highest BCUT2D eigenvalue weighted by Crippen LogP contribution is 2.15. The van der Waals surface area contributed by atoms with Gasteiger partial charge in [0.15, 0.2) is 0 Å². The molecule has 0 aliphatic heterocycles. The van der Waals surface area contributed by atoms with E-state index in [2.05, 4.69) is 5.32 Å². The molecule has 7 heteroatoms. The smallest absolute Gasteiger partial charge is 0.408 e. The van der Waals surface area contributed by atoms with Gasteiger partial charge in [-0.25, -0.2) is 9.59 Å². The summed E-state index contributed by atoms with van der Waals surface area (Å²) in [5.74, 6) is -1.35. The highest BCUT2D eigenvalue weighted by atomic mass is 16.6. The third-order valence-electron chi connectivity index (χ3n) is 3.01. The number of unbranched alkanes of at least 4 members (excludes halogenated alkanes) is 2. The molecule has 0 aromatic heterocycles. The zero-order chi connectivity index (χ0) is 17.9. The molecule has 1 amide bonds. The standard InChI is InChI=1S/C16H29NO6/c1-5-22-14(20)13(17-15(21)23-16(2,3)4)12(11-19)9-7-6-8-10-18/h11-13,18H,5-10H2,1-4H3,(H,17,21)/t12-,13-/m0/s1. The maximum absolute atomic E-state index is 12.0. The molecule has 7 nitrogen and oxygen atoms in total. The predicted octanol–water partition coefficient (Wildman–Crippen LogP) is 1.81. The molecule has 0 aliphatic carbocycles. The average Bonchev–Trinajstić information content (AvgIpc) is 2.44. The number of alkyl carbamates (subject to hydrolysis) is 1. The van der Waals surface area contributed by atoms with Crippen LogP contribution in [0.1, 0.15) is 53.4 Å². The fourth-order valence-corrected chi connectivity index (χ4v) is 1.99. The first-order valence-electron chi connectivity index (χ1n) is 7.97. The molecular formula is C16H29NO6. The molecule has 0 saturated heterocycles. The van der Waals surface area contributed by atoms with Gasteiger partial charge in [-0.05, 0) is 40.5 Å². The summed E-state index contributed by atoms with van der Waals surface area (Å²) in [7, 11) is 0. The van der Waals surface area contributed by atoms with Crippen molar-refractivity contribution in [2.24, 2.45) is 5.92 Å². The first kappa shape index (κ1) is 21.4. The van der Waals surface area contributed by atoms with E-state index in [0.717, 1.165) is 6.42 Å². The van der Waals surface area contributed by atoms with Gasteiger partial charge in [-0.3, -0.25) is 0 Å². The summed E-state index contributed by atoms with van der Waals surface area (Å²) in [4.78, 5) is 35.3. The molecule has 0 fully saturated rings. The van der Waals surface area contributed by atoms with Gasteiger partial charge >= 0.3 is 12.1 Å². The number of carbonyl (C=O) groups excluding carboxylic acids is 3.